The largest absolute Gasteiger partial charge is 1.00 e. The van der Waals surface area contributed by atoms with Gasteiger partial charge in [0.25, 0.3) is 0 Å². The topological polar surface area (TPSA) is 80.7 Å². The Kier molecular flexibility index (Phi) is 6.79. The zero-order valence-electron chi connectivity index (χ0n) is 14.6. The van der Waals surface area contributed by atoms with Gasteiger partial charge >= 0.3 is 29.6 Å². The number of aliphatic carboxylic acids is 1. The Bertz CT molecular complexity index is 692. The van der Waals surface area contributed by atoms with Crippen molar-refractivity contribution in [1.29, 1.82) is 0 Å². The molecule has 1 aromatic carbocycles. The molecule has 2 heterocycles. The van der Waals surface area contributed by atoms with Crippen molar-refractivity contribution in [3.63, 3.8) is 0 Å². The first-order chi connectivity index (χ1) is 11.4. The first-order valence-electron chi connectivity index (χ1n) is 8.07. The number of aryl methyl sites for hydroxylation is 1. The van der Waals surface area contributed by atoms with Gasteiger partial charge in [-0.1, -0.05) is 37.3 Å². The fourth-order valence-electron chi connectivity index (χ4n) is 3.63. The molecule has 1 saturated heterocycles. The van der Waals surface area contributed by atoms with Crippen LogP contribution in [0.25, 0.3) is 0 Å². The van der Waals surface area contributed by atoms with E-state index >= 15 is 0 Å². The standard InChI is InChI=1S/C18H21NO4S.Na/c1-10-14-13(11(2)20)17(21)19(14)15(18(22)23)16(10)24-9-8-12-6-4-3-5-7-12;/h3-7,10-11,13-14,20H,8-9H2,1-2H3,(H,22,23);/q;+1/p-1/t10-,11-,13-,14-;/m1./s1. The fraction of sp³-hybridized carbons (Fsp3) is 0.444. The third kappa shape index (κ3) is 3.69. The Labute approximate surface area is 173 Å². The van der Waals surface area contributed by atoms with E-state index in [2.05, 4.69) is 0 Å². The number of nitrogens with zero attached hydrogens (tertiary/aromatic N) is 1. The molecule has 1 amide bonds. The third-order valence-electron chi connectivity index (χ3n) is 4.79. The molecule has 0 spiro atoms. The van der Waals surface area contributed by atoms with Crippen LogP contribution in [-0.2, 0) is 16.0 Å². The van der Waals surface area contributed by atoms with Crippen molar-refractivity contribution in [2.75, 3.05) is 5.75 Å². The molecule has 1 aromatic rings. The van der Waals surface area contributed by atoms with E-state index in [1.165, 1.54) is 22.2 Å². The SMILES string of the molecule is C[C@@H](O)[C@H]1C(=O)N2C(C(=O)[O-])=C(SCCc3ccccc3)[C@H](C)[C@H]12.[Na+]. The molecular formula is C18H20NNaO4S. The molecule has 0 radical (unpaired) electrons. The molecule has 7 heteroatoms. The van der Waals surface area contributed by atoms with Crippen LogP contribution in [0.2, 0.25) is 0 Å². The van der Waals surface area contributed by atoms with Gasteiger partial charge in [-0.2, -0.15) is 0 Å². The number of carboxylic acid groups (broad SMARTS) is 1. The van der Waals surface area contributed by atoms with Crippen molar-refractivity contribution in [3.8, 4) is 0 Å². The molecule has 0 aromatic heterocycles. The first kappa shape index (κ1) is 20.5. The predicted octanol–water partition coefficient (Wildman–Crippen LogP) is -2.21. The molecule has 0 bridgehead atoms. The minimum atomic E-state index is -1.32. The minimum Gasteiger partial charge on any atom is -0.543 e. The molecule has 0 saturated carbocycles. The van der Waals surface area contributed by atoms with Gasteiger partial charge in [-0.3, -0.25) is 4.79 Å². The van der Waals surface area contributed by atoms with Gasteiger partial charge in [0, 0.05) is 16.6 Å². The number of carboxylic acids is 1. The summed E-state index contributed by atoms with van der Waals surface area (Å²) in [6.45, 7) is 3.49. The Morgan fingerprint density at radius 1 is 1.36 bits per heavy atom. The molecule has 1 fully saturated rings. The average Bonchev–Trinajstić information content (AvgIpc) is 2.78. The van der Waals surface area contributed by atoms with Crippen LogP contribution >= 0.6 is 11.8 Å². The summed E-state index contributed by atoms with van der Waals surface area (Å²) in [5.41, 5.74) is 1.18. The summed E-state index contributed by atoms with van der Waals surface area (Å²) in [6, 6.07) is 9.70. The van der Waals surface area contributed by atoms with E-state index in [1.807, 2.05) is 37.3 Å². The van der Waals surface area contributed by atoms with Crippen LogP contribution in [0.4, 0.5) is 0 Å². The van der Waals surface area contributed by atoms with Crippen molar-refractivity contribution in [1.82, 2.24) is 4.90 Å². The van der Waals surface area contributed by atoms with Crippen molar-refractivity contribution in [3.05, 3.63) is 46.5 Å². The second kappa shape index (κ2) is 8.27. The number of rotatable bonds is 6. The monoisotopic (exact) mass is 369 g/mol. The molecule has 0 unspecified atom stereocenters. The molecule has 0 aliphatic carbocycles. The van der Waals surface area contributed by atoms with Crippen LogP contribution in [0, 0.1) is 11.8 Å². The van der Waals surface area contributed by atoms with E-state index in [4.69, 9.17) is 0 Å². The number of hydrogen-bond donors (Lipinski definition) is 1. The van der Waals surface area contributed by atoms with Gasteiger partial charge in [0.15, 0.2) is 0 Å². The third-order valence-corrected chi connectivity index (χ3v) is 6.08. The van der Waals surface area contributed by atoms with Gasteiger partial charge in [0.1, 0.15) is 0 Å². The zero-order chi connectivity index (χ0) is 17.4. The number of aliphatic hydroxyl groups is 1. The second-order valence-electron chi connectivity index (χ2n) is 6.34. The van der Waals surface area contributed by atoms with E-state index in [0.29, 0.717) is 4.91 Å². The van der Waals surface area contributed by atoms with Crippen molar-refractivity contribution in [2.45, 2.75) is 32.4 Å². The van der Waals surface area contributed by atoms with Gasteiger partial charge in [0.2, 0.25) is 5.91 Å². The molecule has 5 nitrogen and oxygen atoms in total. The summed E-state index contributed by atoms with van der Waals surface area (Å²) >= 11 is 1.47. The Morgan fingerprint density at radius 3 is 2.56 bits per heavy atom. The van der Waals surface area contributed by atoms with Gasteiger partial charge in [0.05, 0.1) is 29.7 Å². The van der Waals surface area contributed by atoms with Crippen LogP contribution in [0.3, 0.4) is 0 Å². The summed E-state index contributed by atoms with van der Waals surface area (Å²) < 4.78 is 0. The van der Waals surface area contributed by atoms with Crippen LogP contribution in [0.5, 0.6) is 0 Å². The predicted molar refractivity (Wildman–Crippen MR) is 89.6 cm³/mol. The first-order valence-corrected chi connectivity index (χ1v) is 9.05. The Balaban J connectivity index is 0.00000225. The quantitative estimate of drug-likeness (QED) is 0.454. The summed E-state index contributed by atoms with van der Waals surface area (Å²) in [5.74, 6) is -1.53. The van der Waals surface area contributed by atoms with E-state index in [9.17, 15) is 19.8 Å². The molecule has 128 valence electrons. The van der Waals surface area contributed by atoms with E-state index in [0.717, 1.165) is 12.2 Å². The number of hydrogen-bond acceptors (Lipinski definition) is 5. The summed E-state index contributed by atoms with van der Waals surface area (Å²) in [6.07, 6.45) is 0.0402. The van der Waals surface area contributed by atoms with Gasteiger partial charge in [-0.15, -0.1) is 11.8 Å². The van der Waals surface area contributed by atoms with E-state index in [1.54, 1.807) is 6.92 Å². The molecule has 1 N–H and O–H groups in total. The molecule has 2 aliphatic heterocycles. The van der Waals surface area contributed by atoms with Crippen molar-refractivity contribution >= 4 is 23.6 Å². The number of aliphatic hydroxyl groups excluding tert-OH is 1. The second-order valence-corrected chi connectivity index (χ2v) is 7.48. The van der Waals surface area contributed by atoms with Crippen LogP contribution in [-0.4, -0.2) is 39.8 Å². The zero-order valence-corrected chi connectivity index (χ0v) is 17.5. The summed E-state index contributed by atoms with van der Waals surface area (Å²) in [7, 11) is 0. The maximum Gasteiger partial charge on any atom is 1.00 e. The van der Waals surface area contributed by atoms with Crippen molar-refractivity contribution < 1.29 is 49.4 Å². The van der Waals surface area contributed by atoms with Gasteiger partial charge in [-0.25, -0.2) is 0 Å². The number of amides is 1. The smallest absolute Gasteiger partial charge is 0.543 e. The van der Waals surface area contributed by atoms with E-state index < -0.39 is 18.0 Å². The molecule has 2 aliphatic rings. The fourth-order valence-corrected chi connectivity index (χ4v) is 4.91. The molecule has 4 atom stereocenters. The number of carbonyl (C=O) groups is 2. The maximum atomic E-state index is 12.2. The Morgan fingerprint density at radius 2 is 2.00 bits per heavy atom. The van der Waals surface area contributed by atoms with Crippen LogP contribution < -0.4 is 34.7 Å². The van der Waals surface area contributed by atoms with Crippen molar-refractivity contribution in [2.24, 2.45) is 11.8 Å². The van der Waals surface area contributed by atoms with Crippen LogP contribution in [0.15, 0.2) is 40.9 Å². The number of benzene rings is 1. The molecule has 3 rings (SSSR count). The minimum absolute atomic E-state index is 0. The Hall–Kier alpha value is -0.790. The average molecular weight is 369 g/mol. The van der Waals surface area contributed by atoms with Gasteiger partial charge < -0.3 is 19.9 Å². The number of fused-ring (bicyclic) bond motifs is 1. The van der Waals surface area contributed by atoms with E-state index in [-0.39, 0.29) is 53.1 Å². The summed E-state index contributed by atoms with van der Waals surface area (Å²) in [4.78, 5) is 25.8. The van der Waals surface area contributed by atoms with Crippen LogP contribution in [0.1, 0.15) is 19.4 Å². The number of carbonyl (C=O) groups excluding carboxylic acids is 2. The summed E-state index contributed by atoms with van der Waals surface area (Å²) in [5, 5.41) is 21.4. The van der Waals surface area contributed by atoms with Gasteiger partial charge in [-0.05, 0) is 18.9 Å². The number of thioether (sulfide) groups is 1. The molecular weight excluding hydrogens is 349 g/mol. The number of β-lactam (4-membered cyclic amide) rings is 1. The molecule has 25 heavy (non-hydrogen) atoms. The normalized spacial score (nSPS) is 26.0. The maximum absolute atomic E-state index is 12.2.